The molecule has 3 nitrogen and oxygen atoms in total. The third-order valence-electron chi connectivity index (χ3n) is 3.87. The Bertz CT molecular complexity index is 345. The molecule has 1 saturated carbocycles. The molecule has 0 spiro atoms. The van der Waals surface area contributed by atoms with Crippen molar-refractivity contribution in [1.29, 1.82) is 0 Å². The summed E-state index contributed by atoms with van der Waals surface area (Å²) >= 11 is 1.93. The van der Waals surface area contributed by atoms with Gasteiger partial charge in [0.05, 0.1) is 0 Å². The van der Waals surface area contributed by atoms with Gasteiger partial charge in [-0.25, -0.2) is 4.98 Å². The van der Waals surface area contributed by atoms with Gasteiger partial charge >= 0.3 is 0 Å². The fourth-order valence-electron chi connectivity index (χ4n) is 2.61. The first kappa shape index (κ1) is 13.8. The third kappa shape index (κ3) is 3.67. The molecule has 0 amide bonds. The van der Waals surface area contributed by atoms with E-state index in [-0.39, 0.29) is 0 Å². The first-order valence-electron chi connectivity index (χ1n) is 7.10. The van der Waals surface area contributed by atoms with Crippen LogP contribution in [-0.4, -0.2) is 27.6 Å². The molecule has 1 unspecified atom stereocenters. The summed E-state index contributed by atoms with van der Waals surface area (Å²) in [6.07, 6.45) is 14.2. The van der Waals surface area contributed by atoms with Crippen molar-refractivity contribution >= 4 is 17.7 Å². The van der Waals surface area contributed by atoms with Gasteiger partial charge in [0.2, 0.25) is 5.95 Å². The summed E-state index contributed by atoms with van der Waals surface area (Å²) in [6, 6.07) is 0.668. The van der Waals surface area contributed by atoms with E-state index in [1.165, 1.54) is 38.5 Å². The Kier molecular flexibility index (Phi) is 5.42. The highest BCUT2D eigenvalue weighted by atomic mass is 32.2. The third-order valence-corrected chi connectivity index (χ3v) is 4.91. The Labute approximate surface area is 115 Å². The van der Waals surface area contributed by atoms with Gasteiger partial charge in [0, 0.05) is 30.2 Å². The molecule has 1 fully saturated rings. The van der Waals surface area contributed by atoms with Crippen LogP contribution in [0.1, 0.15) is 51.5 Å². The SMILES string of the molecule is CSC(C)CCNc1nccn1C1CCCCC1. The lowest BCUT2D eigenvalue weighted by Gasteiger charge is -2.24. The van der Waals surface area contributed by atoms with Gasteiger partial charge in [0.25, 0.3) is 0 Å². The van der Waals surface area contributed by atoms with Crippen molar-refractivity contribution in [3.63, 3.8) is 0 Å². The molecule has 1 aromatic rings. The molecule has 1 N–H and O–H groups in total. The van der Waals surface area contributed by atoms with Crippen molar-refractivity contribution in [3.8, 4) is 0 Å². The maximum absolute atomic E-state index is 4.46. The predicted octanol–water partition coefficient (Wildman–Crippen LogP) is 3.94. The Morgan fingerprint density at radius 1 is 1.44 bits per heavy atom. The number of hydrogen-bond acceptors (Lipinski definition) is 3. The van der Waals surface area contributed by atoms with Crippen molar-refractivity contribution in [2.24, 2.45) is 0 Å². The second kappa shape index (κ2) is 7.07. The average Bonchev–Trinajstić information content (AvgIpc) is 2.88. The van der Waals surface area contributed by atoms with Gasteiger partial charge in [0.15, 0.2) is 0 Å². The lowest BCUT2D eigenvalue weighted by molar-refractivity contribution is 0.356. The van der Waals surface area contributed by atoms with Crippen LogP contribution in [0.4, 0.5) is 5.95 Å². The second-order valence-electron chi connectivity index (χ2n) is 5.21. The van der Waals surface area contributed by atoms with E-state index in [1.54, 1.807) is 0 Å². The summed E-state index contributed by atoms with van der Waals surface area (Å²) < 4.78 is 2.35. The summed E-state index contributed by atoms with van der Waals surface area (Å²) in [5, 5.41) is 4.21. The molecule has 0 saturated heterocycles. The van der Waals surface area contributed by atoms with Crippen LogP contribution in [0.5, 0.6) is 0 Å². The minimum Gasteiger partial charge on any atom is -0.356 e. The van der Waals surface area contributed by atoms with Crippen molar-refractivity contribution in [1.82, 2.24) is 9.55 Å². The Morgan fingerprint density at radius 2 is 2.22 bits per heavy atom. The largest absolute Gasteiger partial charge is 0.356 e. The van der Waals surface area contributed by atoms with Gasteiger partial charge in [-0.2, -0.15) is 11.8 Å². The molecular formula is C14H25N3S. The predicted molar refractivity (Wildman–Crippen MR) is 80.4 cm³/mol. The molecule has 0 bridgehead atoms. The quantitative estimate of drug-likeness (QED) is 0.846. The Balaban J connectivity index is 1.86. The highest BCUT2D eigenvalue weighted by Crippen LogP contribution is 2.30. The van der Waals surface area contributed by atoms with Crippen LogP contribution in [0.2, 0.25) is 0 Å². The van der Waals surface area contributed by atoms with E-state index in [1.807, 2.05) is 18.0 Å². The molecule has 102 valence electrons. The van der Waals surface area contributed by atoms with Gasteiger partial charge in [-0.1, -0.05) is 26.2 Å². The number of hydrogen-bond donors (Lipinski definition) is 1. The zero-order valence-electron chi connectivity index (χ0n) is 11.6. The summed E-state index contributed by atoms with van der Waals surface area (Å²) in [7, 11) is 0. The number of nitrogens with zero attached hydrogens (tertiary/aromatic N) is 2. The molecule has 2 rings (SSSR count). The highest BCUT2D eigenvalue weighted by molar-refractivity contribution is 7.99. The summed E-state index contributed by atoms with van der Waals surface area (Å²) in [6.45, 7) is 3.30. The monoisotopic (exact) mass is 267 g/mol. The van der Waals surface area contributed by atoms with E-state index in [9.17, 15) is 0 Å². The second-order valence-corrected chi connectivity index (χ2v) is 6.49. The number of rotatable bonds is 6. The van der Waals surface area contributed by atoms with Crippen molar-refractivity contribution < 1.29 is 0 Å². The fraction of sp³-hybridized carbons (Fsp3) is 0.786. The van der Waals surface area contributed by atoms with Crippen LogP contribution >= 0.6 is 11.8 Å². The molecule has 1 aromatic heterocycles. The topological polar surface area (TPSA) is 29.9 Å². The standard InChI is InChI=1S/C14H25N3S/c1-12(18-2)8-9-15-14-16-10-11-17(14)13-6-4-3-5-7-13/h10-13H,3-9H2,1-2H3,(H,15,16). The van der Waals surface area contributed by atoms with Crippen LogP contribution in [0, 0.1) is 0 Å². The van der Waals surface area contributed by atoms with Gasteiger partial charge in [-0.05, 0) is 25.5 Å². The van der Waals surface area contributed by atoms with Crippen molar-refractivity contribution in [2.75, 3.05) is 18.1 Å². The van der Waals surface area contributed by atoms with Gasteiger partial charge in [-0.3, -0.25) is 0 Å². The first-order valence-corrected chi connectivity index (χ1v) is 8.39. The fourth-order valence-corrected chi connectivity index (χ4v) is 2.96. The molecule has 1 aliphatic rings. The van der Waals surface area contributed by atoms with Crippen molar-refractivity contribution in [2.45, 2.75) is 56.7 Å². The molecule has 1 heterocycles. The van der Waals surface area contributed by atoms with E-state index in [0.29, 0.717) is 6.04 Å². The molecule has 4 heteroatoms. The molecule has 1 atom stereocenters. The average molecular weight is 267 g/mol. The number of aromatic nitrogens is 2. The van der Waals surface area contributed by atoms with Crippen LogP contribution < -0.4 is 5.32 Å². The zero-order chi connectivity index (χ0) is 12.8. The van der Waals surface area contributed by atoms with E-state index in [0.717, 1.165) is 17.7 Å². The highest BCUT2D eigenvalue weighted by Gasteiger charge is 2.17. The van der Waals surface area contributed by atoms with Crippen LogP contribution in [0.15, 0.2) is 12.4 Å². The number of nitrogens with one attached hydrogen (secondary N) is 1. The van der Waals surface area contributed by atoms with Crippen LogP contribution in [0.25, 0.3) is 0 Å². The first-order chi connectivity index (χ1) is 8.81. The molecule has 0 radical (unpaired) electrons. The Hall–Kier alpha value is -0.640. The van der Waals surface area contributed by atoms with Gasteiger partial charge in [-0.15, -0.1) is 0 Å². The molecule has 18 heavy (non-hydrogen) atoms. The Morgan fingerprint density at radius 3 is 2.94 bits per heavy atom. The lowest BCUT2D eigenvalue weighted by Crippen LogP contribution is -2.17. The number of imidazole rings is 1. The lowest BCUT2D eigenvalue weighted by atomic mass is 9.95. The molecule has 0 aromatic carbocycles. The van der Waals surface area contributed by atoms with Gasteiger partial charge in [0.1, 0.15) is 0 Å². The summed E-state index contributed by atoms with van der Waals surface area (Å²) in [4.78, 5) is 4.46. The zero-order valence-corrected chi connectivity index (χ0v) is 12.4. The molecular weight excluding hydrogens is 242 g/mol. The van der Waals surface area contributed by atoms with E-state index in [4.69, 9.17) is 0 Å². The normalized spacial score (nSPS) is 18.8. The maximum atomic E-state index is 4.46. The smallest absolute Gasteiger partial charge is 0.203 e. The van der Waals surface area contributed by atoms with Crippen LogP contribution in [-0.2, 0) is 0 Å². The number of thioether (sulfide) groups is 1. The summed E-state index contributed by atoms with van der Waals surface area (Å²) in [5.74, 6) is 1.07. The minimum atomic E-state index is 0.668. The van der Waals surface area contributed by atoms with Gasteiger partial charge < -0.3 is 9.88 Å². The van der Waals surface area contributed by atoms with Crippen molar-refractivity contribution in [3.05, 3.63) is 12.4 Å². The number of anilines is 1. The van der Waals surface area contributed by atoms with Crippen LogP contribution in [0.3, 0.4) is 0 Å². The maximum Gasteiger partial charge on any atom is 0.203 e. The summed E-state index contributed by atoms with van der Waals surface area (Å²) in [5.41, 5.74) is 0. The van der Waals surface area contributed by atoms with E-state index >= 15 is 0 Å². The molecule has 0 aliphatic heterocycles. The van der Waals surface area contributed by atoms with E-state index < -0.39 is 0 Å². The minimum absolute atomic E-state index is 0.668. The molecule has 1 aliphatic carbocycles. The van der Waals surface area contributed by atoms with E-state index in [2.05, 4.69) is 34.2 Å².